The zero-order valence-corrected chi connectivity index (χ0v) is 14.6. The second-order valence-electron chi connectivity index (χ2n) is 6.58. The van der Waals surface area contributed by atoms with E-state index in [1.807, 2.05) is 52.0 Å². The summed E-state index contributed by atoms with van der Waals surface area (Å²) in [5.41, 5.74) is 6.76. The Hall–Kier alpha value is -1.26. The lowest BCUT2D eigenvalue weighted by atomic mass is 9.89. The molecule has 0 spiro atoms. The molecule has 0 radical (unpaired) electrons. The summed E-state index contributed by atoms with van der Waals surface area (Å²) >= 11 is 0. The number of carbonyl (C=O) groups is 1. The third-order valence-corrected chi connectivity index (χ3v) is 4.25. The van der Waals surface area contributed by atoms with E-state index >= 15 is 0 Å². The van der Waals surface area contributed by atoms with E-state index in [2.05, 4.69) is 5.32 Å². The molecule has 4 nitrogen and oxygen atoms in total. The fourth-order valence-corrected chi connectivity index (χ4v) is 2.71. The number of fused-ring (bicyclic) bond motifs is 1. The van der Waals surface area contributed by atoms with E-state index in [9.17, 15) is 4.79 Å². The van der Waals surface area contributed by atoms with Crippen molar-refractivity contribution in [3.63, 3.8) is 0 Å². The van der Waals surface area contributed by atoms with Gasteiger partial charge in [-0.05, 0) is 25.8 Å². The van der Waals surface area contributed by atoms with Gasteiger partial charge in [0.05, 0.1) is 12.1 Å². The predicted octanol–water partition coefficient (Wildman–Crippen LogP) is 3.20. The maximum atomic E-state index is 12.4. The molecule has 1 amide bonds. The van der Waals surface area contributed by atoms with E-state index in [0.717, 1.165) is 24.2 Å². The highest BCUT2D eigenvalue weighted by molar-refractivity contribution is 5.85. The van der Waals surface area contributed by atoms with Crippen LogP contribution in [0.15, 0.2) is 24.3 Å². The molecule has 3 N–H and O–H groups in total. The average molecular weight is 327 g/mol. The summed E-state index contributed by atoms with van der Waals surface area (Å²) in [6.07, 6.45) is 1.63. The predicted molar refractivity (Wildman–Crippen MR) is 91.3 cm³/mol. The second-order valence-corrected chi connectivity index (χ2v) is 6.58. The highest BCUT2D eigenvalue weighted by Gasteiger charge is 2.35. The van der Waals surface area contributed by atoms with Crippen LogP contribution in [0.3, 0.4) is 0 Å². The topological polar surface area (TPSA) is 64.4 Å². The minimum atomic E-state index is -0.465. The first kappa shape index (κ1) is 18.8. The lowest BCUT2D eigenvalue weighted by molar-refractivity contribution is -0.124. The molecule has 0 aliphatic carbocycles. The van der Waals surface area contributed by atoms with Crippen molar-refractivity contribution < 1.29 is 9.53 Å². The molecule has 1 aromatic carbocycles. The lowest BCUT2D eigenvalue weighted by Crippen LogP contribution is -2.48. The summed E-state index contributed by atoms with van der Waals surface area (Å²) in [6.45, 7) is 8.13. The van der Waals surface area contributed by atoms with E-state index in [1.165, 1.54) is 0 Å². The smallest absolute Gasteiger partial charge is 0.237 e. The molecule has 0 fully saturated rings. The molecule has 2 rings (SSSR count). The molecule has 1 aliphatic heterocycles. The molecule has 1 heterocycles. The van der Waals surface area contributed by atoms with Gasteiger partial charge >= 0.3 is 0 Å². The van der Waals surface area contributed by atoms with Gasteiger partial charge < -0.3 is 15.8 Å². The van der Waals surface area contributed by atoms with Crippen LogP contribution < -0.4 is 15.8 Å². The van der Waals surface area contributed by atoms with Crippen molar-refractivity contribution in [1.82, 2.24) is 5.32 Å². The third-order valence-electron chi connectivity index (χ3n) is 4.25. The van der Waals surface area contributed by atoms with Crippen LogP contribution in [0.5, 0.6) is 5.75 Å². The van der Waals surface area contributed by atoms with Crippen molar-refractivity contribution in [2.24, 2.45) is 11.7 Å². The summed E-state index contributed by atoms with van der Waals surface area (Å²) < 4.78 is 5.98. The number of nitrogens with two attached hydrogens (primary N) is 1. The van der Waals surface area contributed by atoms with Crippen LogP contribution in [0.25, 0.3) is 0 Å². The van der Waals surface area contributed by atoms with Crippen molar-refractivity contribution >= 4 is 18.3 Å². The Morgan fingerprint density at radius 3 is 2.73 bits per heavy atom. The number of hydrogen-bond donors (Lipinski definition) is 2. The minimum absolute atomic E-state index is 0. The number of ether oxygens (including phenoxy) is 1. The van der Waals surface area contributed by atoms with Gasteiger partial charge in [-0.15, -0.1) is 12.4 Å². The number of halogens is 1. The summed E-state index contributed by atoms with van der Waals surface area (Å²) in [5.74, 6) is 0.936. The SMILES string of the molecule is CCC(C)C(N)C(=O)NC1CC(C)(C)Oc2ccccc21.Cl. The van der Waals surface area contributed by atoms with Crippen LogP contribution >= 0.6 is 12.4 Å². The normalized spacial score (nSPS) is 21.6. The van der Waals surface area contributed by atoms with Crippen molar-refractivity contribution in [3.8, 4) is 5.75 Å². The van der Waals surface area contributed by atoms with Crippen molar-refractivity contribution in [3.05, 3.63) is 29.8 Å². The molecule has 3 unspecified atom stereocenters. The number of hydrogen-bond acceptors (Lipinski definition) is 3. The summed E-state index contributed by atoms with van der Waals surface area (Å²) in [7, 11) is 0. The van der Waals surface area contributed by atoms with E-state index < -0.39 is 6.04 Å². The van der Waals surface area contributed by atoms with Crippen LogP contribution in [0.1, 0.15) is 52.1 Å². The molecular weight excluding hydrogens is 300 g/mol. The highest BCUT2D eigenvalue weighted by Crippen LogP contribution is 2.39. The Balaban J connectivity index is 0.00000242. The number of benzene rings is 1. The zero-order valence-electron chi connectivity index (χ0n) is 13.8. The maximum Gasteiger partial charge on any atom is 0.237 e. The Morgan fingerprint density at radius 2 is 2.09 bits per heavy atom. The molecule has 0 bridgehead atoms. The number of nitrogens with one attached hydrogen (secondary N) is 1. The minimum Gasteiger partial charge on any atom is -0.487 e. The molecule has 3 atom stereocenters. The van der Waals surface area contributed by atoms with Crippen LogP contribution in [0.2, 0.25) is 0 Å². The Kier molecular flexibility index (Phi) is 6.27. The number of rotatable bonds is 4. The molecule has 22 heavy (non-hydrogen) atoms. The monoisotopic (exact) mass is 326 g/mol. The van der Waals surface area contributed by atoms with Gasteiger partial charge in [-0.3, -0.25) is 4.79 Å². The number of amides is 1. The lowest BCUT2D eigenvalue weighted by Gasteiger charge is -2.38. The first-order valence-electron chi connectivity index (χ1n) is 7.68. The van der Waals surface area contributed by atoms with Gasteiger partial charge in [0.2, 0.25) is 5.91 Å². The molecule has 0 aromatic heterocycles. The van der Waals surface area contributed by atoms with Crippen molar-refractivity contribution in [1.29, 1.82) is 0 Å². The molecule has 1 aromatic rings. The van der Waals surface area contributed by atoms with Crippen LogP contribution in [0.4, 0.5) is 0 Å². The fraction of sp³-hybridized carbons (Fsp3) is 0.588. The van der Waals surface area contributed by atoms with Crippen LogP contribution in [-0.2, 0) is 4.79 Å². The molecule has 1 aliphatic rings. The van der Waals surface area contributed by atoms with Gasteiger partial charge in [-0.2, -0.15) is 0 Å². The molecule has 5 heteroatoms. The first-order valence-corrected chi connectivity index (χ1v) is 7.68. The van der Waals surface area contributed by atoms with Crippen LogP contribution in [-0.4, -0.2) is 17.6 Å². The van der Waals surface area contributed by atoms with E-state index in [4.69, 9.17) is 10.5 Å². The summed E-state index contributed by atoms with van der Waals surface area (Å²) in [6, 6.07) is 7.35. The summed E-state index contributed by atoms with van der Waals surface area (Å²) in [4.78, 5) is 12.4. The molecule has 0 saturated carbocycles. The second kappa shape index (κ2) is 7.34. The van der Waals surface area contributed by atoms with Gasteiger partial charge in [-0.25, -0.2) is 0 Å². The van der Waals surface area contributed by atoms with E-state index in [1.54, 1.807) is 0 Å². The molecular formula is C17H27ClN2O2. The zero-order chi connectivity index (χ0) is 15.6. The van der Waals surface area contributed by atoms with Crippen LogP contribution in [0, 0.1) is 5.92 Å². The Labute approximate surface area is 139 Å². The van der Waals surface area contributed by atoms with Gasteiger partial charge in [-0.1, -0.05) is 38.5 Å². The van der Waals surface area contributed by atoms with E-state index in [0.29, 0.717) is 0 Å². The highest BCUT2D eigenvalue weighted by atomic mass is 35.5. The van der Waals surface area contributed by atoms with Gasteiger partial charge in [0.1, 0.15) is 11.4 Å². The van der Waals surface area contributed by atoms with Gasteiger partial charge in [0, 0.05) is 12.0 Å². The van der Waals surface area contributed by atoms with Crippen molar-refractivity contribution in [2.45, 2.75) is 58.2 Å². The fourth-order valence-electron chi connectivity index (χ4n) is 2.71. The Morgan fingerprint density at radius 1 is 1.45 bits per heavy atom. The number of para-hydroxylation sites is 1. The largest absolute Gasteiger partial charge is 0.487 e. The van der Waals surface area contributed by atoms with Gasteiger partial charge in [0.15, 0.2) is 0 Å². The van der Waals surface area contributed by atoms with E-state index in [-0.39, 0.29) is 35.9 Å². The first-order chi connectivity index (χ1) is 9.84. The third kappa shape index (κ3) is 4.14. The average Bonchev–Trinajstić information content (AvgIpc) is 2.44. The molecule has 124 valence electrons. The standard InChI is InChI=1S/C17H26N2O2.ClH/c1-5-11(2)15(18)16(20)19-13-10-17(3,4)21-14-9-7-6-8-12(13)14;/h6-9,11,13,15H,5,10,18H2,1-4H3,(H,19,20);1H. The van der Waals surface area contributed by atoms with Crippen molar-refractivity contribution in [2.75, 3.05) is 0 Å². The summed E-state index contributed by atoms with van der Waals surface area (Å²) in [5, 5.41) is 3.10. The quantitative estimate of drug-likeness (QED) is 0.893. The maximum absolute atomic E-state index is 12.4. The Bertz CT molecular complexity index is 519. The molecule has 0 saturated heterocycles. The van der Waals surface area contributed by atoms with Gasteiger partial charge in [0.25, 0.3) is 0 Å². The number of carbonyl (C=O) groups excluding carboxylic acids is 1.